The van der Waals surface area contributed by atoms with Crippen LogP contribution in [0.5, 0.6) is 5.75 Å². The maximum absolute atomic E-state index is 6.19. The summed E-state index contributed by atoms with van der Waals surface area (Å²) in [5.74, 6) is 1.68. The highest BCUT2D eigenvalue weighted by Crippen LogP contribution is 2.22. The number of benzene rings is 1. The summed E-state index contributed by atoms with van der Waals surface area (Å²) in [4.78, 5) is 0. The van der Waals surface area contributed by atoms with E-state index in [-0.39, 0.29) is 6.04 Å². The molecule has 0 unspecified atom stereocenters. The molecule has 0 aliphatic carbocycles. The van der Waals surface area contributed by atoms with E-state index in [1.54, 1.807) is 0 Å². The van der Waals surface area contributed by atoms with E-state index in [0.29, 0.717) is 5.92 Å². The molecule has 1 aromatic carbocycles. The summed E-state index contributed by atoms with van der Waals surface area (Å²) in [5.41, 5.74) is 7.40. The molecule has 1 aromatic rings. The fraction of sp³-hybridized carbons (Fsp3) is 0.600. The molecule has 2 N–H and O–H groups in total. The standard InChI is InChI=1S/C15H27NOSi/c1-12(2)6-11-15(16)13-7-9-14(10-8-13)17-18(3,4)5/h7-10,12,15H,6,11,16H2,1-5H3/t15-/m0/s1. The van der Waals surface area contributed by atoms with Gasteiger partial charge in [0.2, 0.25) is 8.32 Å². The summed E-state index contributed by atoms with van der Waals surface area (Å²) >= 11 is 0. The van der Waals surface area contributed by atoms with Gasteiger partial charge in [-0.1, -0.05) is 26.0 Å². The zero-order chi connectivity index (χ0) is 13.8. The van der Waals surface area contributed by atoms with Crippen LogP contribution in [0.15, 0.2) is 24.3 Å². The molecule has 0 aliphatic rings. The van der Waals surface area contributed by atoms with Gasteiger partial charge in [0, 0.05) is 6.04 Å². The number of nitrogens with two attached hydrogens (primary N) is 1. The second kappa shape index (κ2) is 6.39. The molecule has 0 bridgehead atoms. The van der Waals surface area contributed by atoms with E-state index in [1.807, 2.05) is 12.1 Å². The van der Waals surface area contributed by atoms with Crippen LogP contribution >= 0.6 is 0 Å². The summed E-state index contributed by atoms with van der Waals surface area (Å²) in [7, 11) is -1.50. The molecule has 0 aliphatic heterocycles. The van der Waals surface area contributed by atoms with Crippen molar-refractivity contribution in [3.63, 3.8) is 0 Å². The lowest BCUT2D eigenvalue weighted by atomic mass is 9.98. The van der Waals surface area contributed by atoms with E-state index in [0.717, 1.165) is 12.2 Å². The number of rotatable bonds is 6. The van der Waals surface area contributed by atoms with Crippen molar-refractivity contribution < 1.29 is 4.43 Å². The number of hydrogen-bond acceptors (Lipinski definition) is 2. The van der Waals surface area contributed by atoms with Crippen molar-refractivity contribution in [3.8, 4) is 5.75 Å². The van der Waals surface area contributed by atoms with Crippen LogP contribution in [0.3, 0.4) is 0 Å². The van der Waals surface area contributed by atoms with Crippen LogP contribution in [0.25, 0.3) is 0 Å². The SMILES string of the molecule is CC(C)CC[C@H](N)c1ccc(O[Si](C)(C)C)cc1. The van der Waals surface area contributed by atoms with E-state index < -0.39 is 8.32 Å². The number of hydrogen-bond donors (Lipinski definition) is 1. The summed E-state index contributed by atoms with van der Waals surface area (Å²) in [6, 6.07) is 8.43. The van der Waals surface area contributed by atoms with Crippen molar-refractivity contribution in [1.29, 1.82) is 0 Å². The van der Waals surface area contributed by atoms with Gasteiger partial charge in [0.25, 0.3) is 0 Å². The van der Waals surface area contributed by atoms with Crippen LogP contribution in [-0.2, 0) is 0 Å². The van der Waals surface area contributed by atoms with E-state index in [4.69, 9.17) is 10.2 Å². The van der Waals surface area contributed by atoms with Gasteiger partial charge in [0.05, 0.1) is 0 Å². The summed E-state index contributed by atoms with van der Waals surface area (Å²) in [6.07, 6.45) is 2.22. The van der Waals surface area contributed by atoms with Crippen molar-refractivity contribution in [1.82, 2.24) is 0 Å². The van der Waals surface area contributed by atoms with E-state index >= 15 is 0 Å². The molecule has 0 spiro atoms. The largest absolute Gasteiger partial charge is 0.544 e. The Bertz CT molecular complexity index is 354. The molecule has 0 saturated heterocycles. The van der Waals surface area contributed by atoms with Crippen molar-refractivity contribution in [2.75, 3.05) is 0 Å². The Morgan fingerprint density at radius 3 is 2.06 bits per heavy atom. The zero-order valence-electron chi connectivity index (χ0n) is 12.4. The zero-order valence-corrected chi connectivity index (χ0v) is 13.4. The molecule has 0 aromatic heterocycles. The average molecular weight is 265 g/mol. The van der Waals surface area contributed by atoms with E-state index in [9.17, 15) is 0 Å². The summed E-state index contributed by atoms with van der Waals surface area (Å²) in [5, 5.41) is 0. The quantitative estimate of drug-likeness (QED) is 0.777. The second-order valence-electron chi connectivity index (χ2n) is 6.36. The third-order valence-electron chi connectivity index (χ3n) is 2.79. The molecule has 18 heavy (non-hydrogen) atoms. The first-order valence-electron chi connectivity index (χ1n) is 6.82. The van der Waals surface area contributed by atoms with Gasteiger partial charge in [-0.3, -0.25) is 0 Å². The predicted octanol–water partition coefficient (Wildman–Crippen LogP) is 4.34. The van der Waals surface area contributed by atoms with Crippen LogP contribution in [0.1, 0.15) is 38.3 Å². The third kappa shape index (κ3) is 5.69. The highest BCUT2D eigenvalue weighted by molar-refractivity contribution is 6.70. The Labute approximate surface area is 113 Å². The first kappa shape index (κ1) is 15.3. The van der Waals surface area contributed by atoms with Crippen molar-refractivity contribution in [3.05, 3.63) is 29.8 Å². The molecule has 1 atom stereocenters. The Hall–Kier alpha value is -0.803. The van der Waals surface area contributed by atoms with Crippen LogP contribution in [-0.4, -0.2) is 8.32 Å². The molecular formula is C15H27NOSi. The van der Waals surface area contributed by atoms with Crippen LogP contribution in [0.2, 0.25) is 19.6 Å². The maximum atomic E-state index is 6.19. The second-order valence-corrected chi connectivity index (χ2v) is 10.8. The Balaban J connectivity index is 2.59. The molecule has 1 rings (SSSR count). The van der Waals surface area contributed by atoms with Gasteiger partial charge in [0.15, 0.2) is 0 Å². The van der Waals surface area contributed by atoms with Crippen molar-refractivity contribution >= 4 is 8.32 Å². The Morgan fingerprint density at radius 2 is 1.61 bits per heavy atom. The molecule has 102 valence electrons. The lowest BCUT2D eigenvalue weighted by Crippen LogP contribution is -2.29. The van der Waals surface area contributed by atoms with Crippen LogP contribution in [0, 0.1) is 5.92 Å². The van der Waals surface area contributed by atoms with Gasteiger partial charge in [-0.05, 0) is 56.1 Å². The van der Waals surface area contributed by atoms with Crippen LogP contribution in [0.4, 0.5) is 0 Å². The fourth-order valence-electron chi connectivity index (χ4n) is 1.82. The maximum Gasteiger partial charge on any atom is 0.242 e. The lowest BCUT2D eigenvalue weighted by molar-refractivity contribution is 0.506. The molecule has 2 nitrogen and oxygen atoms in total. The van der Waals surface area contributed by atoms with Gasteiger partial charge >= 0.3 is 0 Å². The van der Waals surface area contributed by atoms with Gasteiger partial charge < -0.3 is 10.2 Å². The summed E-state index contributed by atoms with van der Waals surface area (Å²) in [6.45, 7) is 11.0. The minimum absolute atomic E-state index is 0.147. The summed E-state index contributed by atoms with van der Waals surface area (Å²) < 4.78 is 5.93. The topological polar surface area (TPSA) is 35.2 Å². The predicted molar refractivity (Wildman–Crippen MR) is 81.4 cm³/mol. The third-order valence-corrected chi connectivity index (χ3v) is 3.64. The average Bonchev–Trinajstić information content (AvgIpc) is 2.24. The van der Waals surface area contributed by atoms with E-state index in [1.165, 1.54) is 12.0 Å². The smallest absolute Gasteiger partial charge is 0.242 e. The van der Waals surface area contributed by atoms with Gasteiger partial charge in [-0.25, -0.2) is 0 Å². The van der Waals surface area contributed by atoms with Gasteiger partial charge in [-0.15, -0.1) is 0 Å². The molecular weight excluding hydrogens is 238 g/mol. The molecule has 0 saturated carbocycles. The van der Waals surface area contributed by atoms with Crippen LogP contribution < -0.4 is 10.2 Å². The minimum atomic E-state index is -1.50. The highest BCUT2D eigenvalue weighted by atomic mass is 28.4. The molecule has 3 heteroatoms. The first-order valence-corrected chi connectivity index (χ1v) is 10.2. The molecule has 0 radical (unpaired) electrons. The fourth-order valence-corrected chi connectivity index (χ4v) is 2.66. The molecule has 0 fully saturated rings. The van der Waals surface area contributed by atoms with Gasteiger partial charge in [-0.2, -0.15) is 0 Å². The monoisotopic (exact) mass is 265 g/mol. The highest BCUT2D eigenvalue weighted by Gasteiger charge is 2.16. The molecule has 0 amide bonds. The van der Waals surface area contributed by atoms with Crippen molar-refractivity contribution in [2.45, 2.75) is 52.4 Å². The van der Waals surface area contributed by atoms with Gasteiger partial charge in [0.1, 0.15) is 5.75 Å². The Kier molecular flexibility index (Phi) is 5.41. The molecule has 0 heterocycles. The Morgan fingerprint density at radius 1 is 1.06 bits per heavy atom. The lowest BCUT2D eigenvalue weighted by Gasteiger charge is -2.20. The minimum Gasteiger partial charge on any atom is -0.544 e. The van der Waals surface area contributed by atoms with E-state index in [2.05, 4.69) is 45.6 Å². The normalized spacial score (nSPS) is 13.7. The first-order chi connectivity index (χ1) is 8.28. The van der Waals surface area contributed by atoms with Crippen molar-refractivity contribution in [2.24, 2.45) is 11.7 Å².